The van der Waals surface area contributed by atoms with Crippen LogP contribution < -0.4 is 5.32 Å². The van der Waals surface area contributed by atoms with Gasteiger partial charge >= 0.3 is 0 Å². The molecule has 0 radical (unpaired) electrons. The summed E-state index contributed by atoms with van der Waals surface area (Å²) in [5.41, 5.74) is 0.784. The van der Waals surface area contributed by atoms with Crippen LogP contribution in [0.3, 0.4) is 0 Å². The van der Waals surface area contributed by atoms with Crippen LogP contribution >= 0.6 is 22.9 Å². The van der Waals surface area contributed by atoms with Crippen molar-refractivity contribution in [3.05, 3.63) is 34.2 Å². The molecule has 1 saturated heterocycles. The van der Waals surface area contributed by atoms with Gasteiger partial charge in [0.1, 0.15) is 0 Å². The Morgan fingerprint density at radius 2 is 2.26 bits per heavy atom. The molecule has 19 heavy (non-hydrogen) atoms. The molecule has 2 aromatic rings. The Kier molecular flexibility index (Phi) is 3.59. The van der Waals surface area contributed by atoms with E-state index < -0.39 is 0 Å². The van der Waals surface area contributed by atoms with Gasteiger partial charge < -0.3 is 15.2 Å². The van der Waals surface area contributed by atoms with Gasteiger partial charge in [-0.15, -0.1) is 0 Å². The highest BCUT2D eigenvalue weighted by molar-refractivity contribution is 7.16. The summed E-state index contributed by atoms with van der Waals surface area (Å²) >= 11 is 7.53. The highest BCUT2D eigenvalue weighted by atomic mass is 35.5. The first-order chi connectivity index (χ1) is 9.24. The lowest BCUT2D eigenvalue weighted by Crippen LogP contribution is -1.94. The fourth-order valence-electron chi connectivity index (χ4n) is 2.06. The zero-order chi connectivity index (χ0) is 13.2. The van der Waals surface area contributed by atoms with Gasteiger partial charge in [-0.25, -0.2) is 0 Å². The summed E-state index contributed by atoms with van der Waals surface area (Å²) in [7, 11) is 0. The van der Waals surface area contributed by atoms with E-state index in [1.54, 1.807) is 0 Å². The SMILES string of the molecule is Oc1nc(Nc2ccccc2Cl)sc1[C@@H]1CCOC1. The van der Waals surface area contributed by atoms with E-state index >= 15 is 0 Å². The smallest absolute Gasteiger partial charge is 0.227 e. The van der Waals surface area contributed by atoms with Gasteiger partial charge in [-0.1, -0.05) is 35.1 Å². The molecule has 2 heterocycles. The molecule has 1 fully saturated rings. The van der Waals surface area contributed by atoms with Crippen molar-refractivity contribution in [3.63, 3.8) is 0 Å². The Hall–Kier alpha value is -1.30. The number of hydrogen-bond acceptors (Lipinski definition) is 5. The van der Waals surface area contributed by atoms with Gasteiger partial charge in [0.15, 0.2) is 5.13 Å². The van der Waals surface area contributed by atoms with Crippen molar-refractivity contribution in [1.29, 1.82) is 0 Å². The molecule has 0 aliphatic carbocycles. The van der Waals surface area contributed by atoms with Crippen LogP contribution in [0.2, 0.25) is 5.02 Å². The van der Waals surface area contributed by atoms with Crippen LogP contribution in [0.15, 0.2) is 24.3 Å². The van der Waals surface area contributed by atoms with Crippen LogP contribution in [0.4, 0.5) is 10.8 Å². The molecule has 0 spiro atoms. The van der Waals surface area contributed by atoms with Gasteiger partial charge in [0.25, 0.3) is 0 Å². The number of thiazole rings is 1. The standard InChI is InChI=1S/C13H13ClN2O2S/c14-9-3-1-2-4-10(9)15-13-16-12(17)11(19-13)8-5-6-18-7-8/h1-4,8,17H,5-7H2,(H,15,16)/t8-/m1/s1. The largest absolute Gasteiger partial charge is 0.492 e. The van der Waals surface area contributed by atoms with Gasteiger partial charge in [-0.3, -0.25) is 0 Å². The van der Waals surface area contributed by atoms with Gasteiger partial charge in [0.2, 0.25) is 5.88 Å². The normalized spacial score (nSPS) is 18.7. The van der Waals surface area contributed by atoms with Crippen LogP contribution in [-0.2, 0) is 4.74 Å². The molecule has 100 valence electrons. The van der Waals surface area contributed by atoms with Crippen LogP contribution in [0.5, 0.6) is 5.88 Å². The molecule has 6 heteroatoms. The third kappa shape index (κ3) is 2.68. The van der Waals surface area contributed by atoms with Crippen molar-refractivity contribution >= 4 is 33.8 Å². The van der Waals surface area contributed by atoms with E-state index in [4.69, 9.17) is 16.3 Å². The maximum atomic E-state index is 9.91. The molecule has 0 saturated carbocycles. The molecular weight excluding hydrogens is 284 g/mol. The average molecular weight is 297 g/mol. The van der Waals surface area contributed by atoms with E-state index in [1.165, 1.54) is 11.3 Å². The van der Waals surface area contributed by atoms with Gasteiger partial charge in [0.05, 0.1) is 22.2 Å². The van der Waals surface area contributed by atoms with Crippen molar-refractivity contribution in [2.75, 3.05) is 18.5 Å². The number of ether oxygens (including phenoxy) is 1. The maximum absolute atomic E-state index is 9.91. The van der Waals surface area contributed by atoms with E-state index in [1.807, 2.05) is 24.3 Å². The first-order valence-electron chi connectivity index (χ1n) is 6.03. The highest BCUT2D eigenvalue weighted by Crippen LogP contribution is 2.39. The third-order valence-corrected chi connectivity index (χ3v) is 4.50. The number of benzene rings is 1. The second kappa shape index (κ2) is 5.36. The fraction of sp³-hybridized carbons (Fsp3) is 0.308. The summed E-state index contributed by atoms with van der Waals surface area (Å²) < 4.78 is 5.34. The number of anilines is 2. The van der Waals surface area contributed by atoms with Gasteiger partial charge in [-0.2, -0.15) is 4.98 Å². The molecule has 0 bridgehead atoms. The summed E-state index contributed by atoms with van der Waals surface area (Å²) in [5, 5.41) is 14.3. The molecule has 1 atom stereocenters. The molecule has 1 aliphatic heterocycles. The lowest BCUT2D eigenvalue weighted by atomic mass is 10.1. The summed E-state index contributed by atoms with van der Waals surface area (Å²) in [4.78, 5) is 5.02. The van der Waals surface area contributed by atoms with Gasteiger partial charge in [0, 0.05) is 12.5 Å². The second-order valence-corrected chi connectivity index (χ2v) is 5.81. The van der Waals surface area contributed by atoms with Crippen molar-refractivity contribution < 1.29 is 9.84 Å². The molecule has 4 nitrogen and oxygen atoms in total. The minimum absolute atomic E-state index is 0.0926. The molecule has 1 aliphatic rings. The lowest BCUT2D eigenvalue weighted by molar-refractivity contribution is 0.194. The molecular formula is C13H13ClN2O2S. The van der Waals surface area contributed by atoms with E-state index in [9.17, 15) is 5.11 Å². The minimum Gasteiger partial charge on any atom is -0.492 e. The van der Waals surface area contributed by atoms with E-state index in [-0.39, 0.29) is 11.8 Å². The van der Waals surface area contributed by atoms with Crippen LogP contribution in [0, 0.1) is 0 Å². The second-order valence-electron chi connectivity index (χ2n) is 4.37. The predicted molar refractivity (Wildman–Crippen MR) is 76.7 cm³/mol. The van der Waals surface area contributed by atoms with Crippen LogP contribution in [0.25, 0.3) is 0 Å². The minimum atomic E-state index is 0.0926. The number of nitrogens with zero attached hydrogens (tertiary/aromatic N) is 1. The molecule has 0 amide bonds. The average Bonchev–Trinajstić information content (AvgIpc) is 3.01. The predicted octanol–water partition coefficient (Wildman–Crippen LogP) is 3.75. The van der Waals surface area contributed by atoms with Gasteiger partial charge in [-0.05, 0) is 18.6 Å². The summed E-state index contributed by atoms with van der Waals surface area (Å²) in [6.07, 6.45) is 0.932. The van der Waals surface area contributed by atoms with Crippen LogP contribution in [-0.4, -0.2) is 23.3 Å². The Bertz CT molecular complexity index is 582. The number of aromatic nitrogens is 1. The van der Waals surface area contributed by atoms with E-state index in [2.05, 4.69) is 10.3 Å². The van der Waals surface area contributed by atoms with E-state index in [0.29, 0.717) is 16.8 Å². The van der Waals surface area contributed by atoms with Crippen molar-refractivity contribution in [3.8, 4) is 5.88 Å². The zero-order valence-corrected chi connectivity index (χ0v) is 11.7. The quantitative estimate of drug-likeness (QED) is 0.906. The maximum Gasteiger partial charge on any atom is 0.227 e. The summed E-state index contributed by atoms with van der Waals surface area (Å²) in [5.74, 6) is 0.342. The molecule has 3 rings (SSSR count). The monoisotopic (exact) mass is 296 g/mol. The Morgan fingerprint density at radius 3 is 3.00 bits per heavy atom. The number of rotatable bonds is 3. The molecule has 2 N–H and O–H groups in total. The summed E-state index contributed by atoms with van der Waals surface area (Å²) in [6.45, 7) is 1.40. The zero-order valence-electron chi connectivity index (χ0n) is 10.1. The first kappa shape index (κ1) is 12.7. The fourth-order valence-corrected chi connectivity index (χ4v) is 3.24. The Labute approximate surface area is 120 Å². The van der Waals surface area contributed by atoms with Crippen molar-refractivity contribution in [2.45, 2.75) is 12.3 Å². The number of para-hydroxylation sites is 1. The van der Waals surface area contributed by atoms with Crippen molar-refractivity contribution in [2.24, 2.45) is 0 Å². The van der Waals surface area contributed by atoms with E-state index in [0.717, 1.165) is 23.6 Å². The van der Waals surface area contributed by atoms with Crippen LogP contribution in [0.1, 0.15) is 17.2 Å². The number of hydrogen-bond donors (Lipinski definition) is 2. The Balaban J connectivity index is 1.82. The molecule has 1 aromatic carbocycles. The third-order valence-electron chi connectivity index (χ3n) is 3.05. The summed E-state index contributed by atoms with van der Waals surface area (Å²) in [6, 6.07) is 7.45. The van der Waals surface area contributed by atoms with Crippen molar-refractivity contribution in [1.82, 2.24) is 4.98 Å². The highest BCUT2D eigenvalue weighted by Gasteiger charge is 2.24. The molecule has 1 aromatic heterocycles. The Morgan fingerprint density at radius 1 is 1.42 bits per heavy atom. The number of halogens is 1. The number of aromatic hydroxyl groups is 1. The topological polar surface area (TPSA) is 54.4 Å². The molecule has 0 unspecified atom stereocenters. The number of nitrogens with one attached hydrogen (secondary N) is 1. The lowest BCUT2D eigenvalue weighted by Gasteiger charge is -2.04. The first-order valence-corrected chi connectivity index (χ1v) is 7.22.